The van der Waals surface area contributed by atoms with E-state index in [1.807, 2.05) is 6.07 Å². The Morgan fingerprint density at radius 3 is 2.35 bits per heavy atom. The fraction of sp³-hybridized carbons (Fsp3) is 0.143. The molecule has 0 unspecified atom stereocenters. The number of ether oxygens (including phenoxy) is 1. The van der Waals surface area contributed by atoms with Crippen LogP contribution < -0.4 is 4.74 Å². The molecule has 6 heteroatoms. The first kappa shape index (κ1) is 15.4. The second-order valence-corrected chi connectivity index (χ2v) is 7.24. The molecule has 0 N–H and O–H groups in total. The molecule has 0 aliphatic rings. The number of benzene rings is 2. The molecule has 0 aromatic heterocycles. The summed E-state index contributed by atoms with van der Waals surface area (Å²) in [5, 5.41) is 1.22. The number of hydrogen-bond acceptors (Lipinski definition) is 3. The first-order chi connectivity index (χ1) is 9.40. The summed E-state index contributed by atoms with van der Waals surface area (Å²) in [5.74, 6) is 1.20. The van der Waals surface area contributed by atoms with Crippen molar-refractivity contribution >= 4 is 37.4 Å². The van der Waals surface area contributed by atoms with Crippen LogP contribution in [0.3, 0.4) is 0 Å². The van der Waals surface area contributed by atoms with Gasteiger partial charge in [0.15, 0.2) is 9.84 Å². The minimum Gasteiger partial charge on any atom is -0.457 e. The molecule has 0 spiro atoms. The van der Waals surface area contributed by atoms with Crippen molar-refractivity contribution < 1.29 is 13.2 Å². The summed E-state index contributed by atoms with van der Waals surface area (Å²) in [4.78, 5) is 0.261. The van der Waals surface area contributed by atoms with Crippen LogP contribution in [0.4, 0.5) is 0 Å². The molecule has 0 fully saturated rings. The van der Waals surface area contributed by atoms with Crippen molar-refractivity contribution in [3.05, 3.63) is 53.1 Å². The van der Waals surface area contributed by atoms with Crippen molar-refractivity contribution in [2.45, 2.75) is 10.2 Å². The fourth-order valence-electron chi connectivity index (χ4n) is 1.62. The quantitative estimate of drug-likeness (QED) is 0.742. The van der Waals surface area contributed by atoms with Gasteiger partial charge in [0.25, 0.3) is 0 Å². The average Bonchev–Trinajstić information content (AvgIpc) is 2.38. The van der Waals surface area contributed by atoms with Gasteiger partial charge in [-0.25, -0.2) is 8.42 Å². The number of halogens is 2. The second-order valence-electron chi connectivity index (χ2n) is 4.23. The normalized spacial score (nSPS) is 11.3. The molecule has 2 aromatic carbocycles. The van der Waals surface area contributed by atoms with E-state index in [1.165, 1.54) is 18.4 Å². The second kappa shape index (κ2) is 6.16. The molecule has 0 aliphatic carbocycles. The van der Waals surface area contributed by atoms with Gasteiger partial charge in [0.1, 0.15) is 11.5 Å². The van der Waals surface area contributed by atoms with Gasteiger partial charge in [-0.05, 0) is 36.4 Å². The van der Waals surface area contributed by atoms with E-state index >= 15 is 0 Å². The van der Waals surface area contributed by atoms with Crippen molar-refractivity contribution in [1.82, 2.24) is 0 Å². The molecule has 0 atom stereocenters. The van der Waals surface area contributed by atoms with Crippen LogP contribution in [0.1, 0.15) is 5.56 Å². The number of sulfone groups is 1. The standard InChI is InChI=1S/C14H12BrClO3S/c1-20(17,18)13-6-4-12(5-7-13)19-14-8-11(16)3-2-10(14)9-15/h2-8H,9H2,1H3. The van der Waals surface area contributed by atoms with E-state index in [4.69, 9.17) is 16.3 Å². The Morgan fingerprint density at radius 1 is 1.15 bits per heavy atom. The third-order valence-electron chi connectivity index (χ3n) is 2.65. The lowest BCUT2D eigenvalue weighted by atomic mass is 10.2. The highest BCUT2D eigenvalue weighted by Gasteiger charge is 2.08. The molecule has 0 bridgehead atoms. The van der Waals surface area contributed by atoms with Gasteiger partial charge in [-0.2, -0.15) is 0 Å². The Morgan fingerprint density at radius 2 is 1.80 bits per heavy atom. The molecule has 0 saturated carbocycles. The van der Waals surface area contributed by atoms with Crippen LogP contribution in [-0.4, -0.2) is 14.7 Å². The van der Waals surface area contributed by atoms with Gasteiger partial charge in [0, 0.05) is 22.2 Å². The molecule has 106 valence electrons. The first-order valence-corrected chi connectivity index (χ1v) is 9.11. The smallest absolute Gasteiger partial charge is 0.175 e. The van der Waals surface area contributed by atoms with Gasteiger partial charge in [0.05, 0.1) is 4.90 Å². The molecule has 2 rings (SSSR count). The highest BCUT2D eigenvalue weighted by molar-refractivity contribution is 9.08. The minimum absolute atomic E-state index is 0.261. The van der Waals surface area contributed by atoms with Crippen LogP contribution in [0.15, 0.2) is 47.4 Å². The van der Waals surface area contributed by atoms with E-state index in [2.05, 4.69) is 15.9 Å². The summed E-state index contributed by atoms with van der Waals surface area (Å²) >= 11 is 9.33. The van der Waals surface area contributed by atoms with E-state index in [0.29, 0.717) is 21.9 Å². The monoisotopic (exact) mass is 374 g/mol. The number of hydrogen-bond donors (Lipinski definition) is 0. The van der Waals surface area contributed by atoms with Crippen LogP contribution >= 0.6 is 27.5 Å². The lowest BCUT2D eigenvalue weighted by Crippen LogP contribution is -1.96. The maximum atomic E-state index is 11.4. The Bertz CT molecular complexity index is 712. The van der Waals surface area contributed by atoms with Crippen LogP contribution in [0.25, 0.3) is 0 Å². The van der Waals surface area contributed by atoms with Crippen molar-refractivity contribution in [1.29, 1.82) is 0 Å². The Hall–Kier alpha value is -1.04. The third kappa shape index (κ3) is 3.75. The minimum atomic E-state index is -3.20. The molecule has 0 aliphatic heterocycles. The van der Waals surface area contributed by atoms with Gasteiger partial charge in [0.2, 0.25) is 0 Å². The van der Waals surface area contributed by atoms with Crippen LogP contribution in [0, 0.1) is 0 Å². The van der Waals surface area contributed by atoms with Gasteiger partial charge in [-0.1, -0.05) is 33.6 Å². The molecule has 20 heavy (non-hydrogen) atoms. The Labute approximate surface area is 131 Å². The largest absolute Gasteiger partial charge is 0.457 e. The lowest BCUT2D eigenvalue weighted by molar-refractivity contribution is 0.478. The maximum Gasteiger partial charge on any atom is 0.175 e. The van der Waals surface area contributed by atoms with Crippen molar-refractivity contribution in [3.8, 4) is 11.5 Å². The molecular formula is C14H12BrClO3S. The number of alkyl halides is 1. The SMILES string of the molecule is CS(=O)(=O)c1ccc(Oc2cc(Cl)ccc2CBr)cc1. The molecule has 0 amide bonds. The predicted octanol–water partition coefficient (Wildman–Crippen LogP) is 4.43. The van der Waals surface area contributed by atoms with Crippen LogP contribution in [0.2, 0.25) is 5.02 Å². The molecule has 3 nitrogen and oxygen atoms in total. The fourth-order valence-corrected chi connectivity index (χ4v) is 2.87. The Kier molecular flexibility index (Phi) is 4.73. The first-order valence-electron chi connectivity index (χ1n) is 5.72. The lowest BCUT2D eigenvalue weighted by Gasteiger charge is -2.10. The summed E-state index contributed by atoms with van der Waals surface area (Å²) in [6, 6.07) is 11.7. The average molecular weight is 376 g/mol. The molecule has 0 saturated heterocycles. The zero-order chi connectivity index (χ0) is 14.8. The summed E-state index contributed by atoms with van der Waals surface area (Å²) in [5.41, 5.74) is 0.960. The van der Waals surface area contributed by atoms with Gasteiger partial charge < -0.3 is 4.74 Å². The highest BCUT2D eigenvalue weighted by Crippen LogP contribution is 2.30. The van der Waals surface area contributed by atoms with Crippen LogP contribution in [-0.2, 0) is 15.2 Å². The molecule has 0 heterocycles. The van der Waals surface area contributed by atoms with E-state index in [9.17, 15) is 8.42 Å². The van der Waals surface area contributed by atoms with Crippen molar-refractivity contribution in [2.75, 3.05) is 6.26 Å². The summed E-state index contributed by atoms with van der Waals surface area (Å²) in [6.45, 7) is 0. The van der Waals surface area contributed by atoms with Gasteiger partial charge in [-0.3, -0.25) is 0 Å². The predicted molar refractivity (Wildman–Crippen MR) is 83.7 cm³/mol. The molecule has 2 aromatic rings. The zero-order valence-electron chi connectivity index (χ0n) is 10.6. The van der Waals surface area contributed by atoms with E-state index < -0.39 is 9.84 Å². The summed E-state index contributed by atoms with van der Waals surface area (Å²) in [7, 11) is -3.20. The van der Waals surface area contributed by atoms with E-state index in [1.54, 1.807) is 24.3 Å². The topological polar surface area (TPSA) is 43.4 Å². The highest BCUT2D eigenvalue weighted by atomic mass is 79.9. The number of rotatable bonds is 4. The maximum absolute atomic E-state index is 11.4. The van der Waals surface area contributed by atoms with Gasteiger partial charge in [-0.15, -0.1) is 0 Å². The zero-order valence-corrected chi connectivity index (χ0v) is 13.8. The Balaban J connectivity index is 2.29. The molecular weight excluding hydrogens is 364 g/mol. The summed E-state index contributed by atoms with van der Waals surface area (Å²) in [6.07, 6.45) is 1.17. The van der Waals surface area contributed by atoms with Crippen molar-refractivity contribution in [3.63, 3.8) is 0 Å². The molecule has 0 radical (unpaired) electrons. The van der Waals surface area contributed by atoms with Crippen molar-refractivity contribution in [2.24, 2.45) is 0 Å². The third-order valence-corrected chi connectivity index (χ3v) is 4.62. The summed E-state index contributed by atoms with van der Waals surface area (Å²) < 4.78 is 28.5. The van der Waals surface area contributed by atoms with E-state index in [-0.39, 0.29) is 4.90 Å². The van der Waals surface area contributed by atoms with E-state index in [0.717, 1.165) is 5.56 Å². The van der Waals surface area contributed by atoms with Gasteiger partial charge >= 0.3 is 0 Å². The van der Waals surface area contributed by atoms with Crippen LogP contribution in [0.5, 0.6) is 11.5 Å².